The molecule has 0 bridgehead atoms. The molecule has 2 rings (SSSR count). The number of methoxy groups -OCH3 is 1. The first-order chi connectivity index (χ1) is 9.54. The normalized spacial score (nSPS) is 20.9. The van der Waals surface area contributed by atoms with E-state index in [-0.39, 0.29) is 12.5 Å². The van der Waals surface area contributed by atoms with E-state index >= 15 is 0 Å². The summed E-state index contributed by atoms with van der Waals surface area (Å²) in [4.78, 5) is 24.8. The Morgan fingerprint density at radius 3 is 2.70 bits per heavy atom. The molecule has 0 unspecified atom stereocenters. The van der Waals surface area contributed by atoms with E-state index in [0.29, 0.717) is 19.7 Å². The summed E-state index contributed by atoms with van der Waals surface area (Å²) in [5.41, 5.74) is 0.680. The van der Waals surface area contributed by atoms with Crippen molar-refractivity contribution in [2.24, 2.45) is 0 Å². The third-order valence-corrected chi connectivity index (χ3v) is 4.09. The van der Waals surface area contributed by atoms with Crippen molar-refractivity contribution in [1.29, 1.82) is 0 Å². The predicted molar refractivity (Wildman–Crippen MR) is 73.5 cm³/mol. The molecule has 2 N–H and O–H groups in total. The van der Waals surface area contributed by atoms with Gasteiger partial charge in [-0.15, -0.1) is 0 Å². The minimum atomic E-state index is -0.856. The van der Waals surface area contributed by atoms with Crippen molar-refractivity contribution in [1.82, 2.24) is 10.2 Å². The summed E-state index contributed by atoms with van der Waals surface area (Å²) in [6, 6.07) is -0.154. The van der Waals surface area contributed by atoms with Gasteiger partial charge in [0, 0.05) is 20.2 Å². The van der Waals surface area contributed by atoms with Crippen molar-refractivity contribution in [3.63, 3.8) is 0 Å². The number of carboxylic acids is 1. The lowest BCUT2D eigenvalue weighted by Gasteiger charge is -2.43. The van der Waals surface area contributed by atoms with E-state index in [2.05, 4.69) is 5.32 Å². The van der Waals surface area contributed by atoms with Gasteiger partial charge in [0.15, 0.2) is 0 Å². The van der Waals surface area contributed by atoms with E-state index in [1.165, 1.54) is 5.57 Å². The number of carbonyl (C=O) groups excluding carboxylic acids is 1. The second-order valence-electron chi connectivity index (χ2n) is 5.63. The molecule has 6 nitrogen and oxygen atoms in total. The summed E-state index contributed by atoms with van der Waals surface area (Å²) in [6.45, 7) is 1.83. The van der Waals surface area contributed by atoms with Crippen molar-refractivity contribution in [3.05, 3.63) is 11.6 Å². The Morgan fingerprint density at radius 1 is 1.50 bits per heavy atom. The van der Waals surface area contributed by atoms with Crippen LogP contribution in [0.2, 0.25) is 0 Å². The third-order valence-electron chi connectivity index (χ3n) is 4.09. The Kier molecular flexibility index (Phi) is 4.65. The van der Waals surface area contributed by atoms with Gasteiger partial charge in [-0.3, -0.25) is 4.79 Å². The number of nitrogens with zero attached hydrogens (tertiary/aromatic N) is 1. The van der Waals surface area contributed by atoms with E-state index in [1.807, 2.05) is 6.08 Å². The molecular weight excluding hydrogens is 260 g/mol. The zero-order chi connectivity index (χ0) is 14.6. The Morgan fingerprint density at radius 2 is 2.25 bits per heavy atom. The van der Waals surface area contributed by atoms with Gasteiger partial charge in [0.1, 0.15) is 0 Å². The van der Waals surface area contributed by atoms with Gasteiger partial charge in [0.05, 0.1) is 18.6 Å². The van der Waals surface area contributed by atoms with Gasteiger partial charge in [-0.25, -0.2) is 4.79 Å². The monoisotopic (exact) mass is 282 g/mol. The van der Waals surface area contributed by atoms with Crippen LogP contribution in [0.15, 0.2) is 11.6 Å². The fourth-order valence-electron chi connectivity index (χ4n) is 2.76. The van der Waals surface area contributed by atoms with E-state index < -0.39 is 11.5 Å². The summed E-state index contributed by atoms with van der Waals surface area (Å²) < 4.78 is 5.08. The van der Waals surface area contributed by atoms with Crippen LogP contribution in [-0.4, -0.2) is 54.4 Å². The summed E-state index contributed by atoms with van der Waals surface area (Å²) in [5, 5.41) is 11.9. The van der Waals surface area contributed by atoms with Crippen LogP contribution in [0.3, 0.4) is 0 Å². The van der Waals surface area contributed by atoms with Crippen LogP contribution < -0.4 is 5.32 Å². The van der Waals surface area contributed by atoms with Crippen molar-refractivity contribution < 1.29 is 19.4 Å². The Hall–Kier alpha value is -1.56. The Balaban J connectivity index is 1.87. The molecule has 1 aliphatic heterocycles. The fourth-order valence-corrected chi connectivity index (χ4v) is 2.76. The molecule has 0 spiro atoms. The lowest BCUT2D eigenvalue weighted by molar-refractivity contribution is -0.139. The molecule has 0 aromatic carbocycles. The minimum Gasteiger partial charge on any atom is -0.481 e. The van der Waals surface area contributed by atoms with Crippen LogP contribution in [0.5, 0.6) is 0 Å². The lowest BCUT2D eigenvalue weighted by Crippen LogP contribution is -2.58. The lowest BCUT2D eigenvalue weighted by atomic mass is 9.74. The van der Waals surface area contributed by atoms with Gasteiger partial charge in [0.25, 0.3) is 0 Å². The molecule has 1 fully saturated rings. The number of carboxylic acid groups (broad SMARTS) is 1. The largest absolute Gasteiger partial charge is 0.481 e. The molecule has 2 amide bonds. The molecule has 0 radical (unpaired) electrons. The second-order valence-corrected chi connectivity index (χ2v) is 5.63. The van der Waals surface area contributed by atoms with Crippen LogP contribution in [0.4, 0.5) is 4.79 Å². The van der Waals surface area contributed by atoms with E-state index in [4.69, 9.17) is 9.84 Å². The van der Waals surface area contributed by atoms with Crippen LogP contribution in [0.25, 0.3) is 0 Å². The summed E-state index contributed by atoms with van der Waals surface area (Å²) in [7, 11) is 1.66. The Bertz CT molecular complexity index is 415. The number of hydrogen-bond donors (Lipinski definition) is 2. The summed E-state index contributed by atoms with van der Waals surface area (Å²) >= 11 is 0. The van der Waals surface area contributed by atoms with Crippen molar-refractivity contribution in [2.75, 3.05) is 26.8 Å². The second kappa shape index (κ2) is 6.26. The number of hydrogen-bond acceptors (Lipinski definition) is 3. The zero-order valence-electron chi connectivity index (χ0n) is 11.9. The van der Waals surface area contributed by atoms with Gasteiger partial charge in [-0.1, -0.05) is 6.08 Å². The van der Waals surface area contributed by atoms with Gasteiger partial charge in [-0.2, -0.15) is 0 Å². The first-order valence-corrected chi connectivity index (χ1v) is 7.00. The number of urea groups is 1. The van der Waals surface area contributed by atoms with Crippen molar-refractivity contribution in [3.8, 4) is 0 Å². The average molecular weight is 282 g/mol. The highest BCUT2D eigenvalue weighted by Gasteiger charge is 2.41. The molecule has 1 aliphatic carbocycles. The quantitative estimate of drug-likeness (QED) is 0.747. The van der Waals surface area contributed by atoms with Crippen LogP contribution in [0, 0.1) is 0 Å². The number of nitrogens with one attached hydrogen (secondary N) is 1. The molecule has 20 heavy (non-hydrogen) atoms. The number of ether oxygens (including phenoxy) is 1. The van der Waals surface area contributed by atoms with E-state index in [0.717, 1.165) is 25.7 Å². The molecule has 0 aromatic heterocycles. The smallest absolute Gasteiger partial charge is 0.318 e. The standard InChI is InChI=1S/C14H22N2O4/c1-20-10-11-3-7-16(8-4-11)13(19)15-14(5-2-6-14)9-12(17)18/h3H,2,4-10H2,1H3,(H,15,19)(H,17,18). The number of aliphatic carboxylic acids is 1. The molecule has 0 aromatic rings. The number of amides is 2. The fraction of sp³-hybridized carbons (Fsp3) is 0.714. The van der Waals surface area contributed by atoms with E-state index in [1.54, 1.807) is 12.0 Å². The van der Waals surface area contributed by atoms with E-state index in [9.17, 15) is 9.59 Å². The van der Waals surface area contributed by atoms with Gasteiger partial charge in [0.2, 0.25) is 0 Å². The summed E-state index contributed by atoms with van der Waals surface area (Å²) in [5.74, 6) is -0.856. The molecular formula is C14H22N2O4. The highest BCUT2D eigenvalue weighted by atomic mass is 16.5. The molecule has 2 aliphatic rings. The van der Waals surface area contributed by atoms with Crippen LogP contribution in [0.1, 0.15) is 32.1 Å². The zero-order valence-corrected chi connectivity index (χ0v) is 11.9. The third kappa shape index (κ3) is 3.50. The molecule has 6 heteroatoms. The molecule has 112 valence electrons. The summed E-state index contributed by atoms with van der Waals surface area (Å²) in [6.07, 6.45) is 5.32. The highest BCUT2D eigenvalue weighted by Crippen LogP contribution is 2.35. The SMILES string of the molecule is COCC1=CCN(C(=O)NC2(CC(=O)O)CCC2)CC1. The molecule has 1 heterocycles. The first kappa shape index (κ1) is 14.8. The predicted octanol–water partition coefficient (Wildman–Crippen LogP) is 1.37. The van der Waals surface area contributed by atoms with Gasteiger partial charge < -0.3 is 20.1 Å². The minimum absolute atomic E-state index is 0.0113. The van der Waals surface area contributed by atoms with Crippen LogP contribution in [-0.2, 0) is 9.53 Å². The van der Waals surface area contributed by atoms with Crippen LogP contribution >= 0.6 is 0 Å². The Labute approximate surface area is 118 Å². The van der Waals surface area contributed by atoms with Gasteiger partial charge in [-0.05, 0) is 31.3 Å². The highest BCUT2D eigenvalue weighted by molar-refractivity contribution is 5.77. The maximum absolute atomic E-state index is 12.2. The van der Waals surface area contributed by atoms with Crippen molar-refractivity contribution in [2.45, 2.75) is 37.6 Å². The van der Waals surface area contributed by atoms with Crippen molar-refractivity contribution >= 4 is 12.0 Å². The topological polar surface area (TPSA) is 78.9 Å². The number of rotatable bonds is 5. The average Bonchev–Trinajstić information content (AvgIpc) is 2.36. The van der Waals surface area contributed by atoms with Gasteiger partial charge >= 0.3 is 12.0 Å². The number of carbonyl (C=O) groups is 2. The molecule has 0 atom stereocenters. The maximum atomic E-state index is 12.2. The molecule has 0 saturated heterocycles. The first-order valence-electron chi connectivity index (χ1n) is 7.00. The maximum Gasteiger partial charge on any atom is 0.318 e. The molecule has 1 saturated carbocycles.